The van der Waals surface area contributed by atoms with Gasteiger partial charge >= 0.3 is 12.1 Å². The van der Waals surface area contributed by atoms with Gasteiger partial charge in [0, 0.05) is 19.6 Å². The standard InChI is InChI=1S/C23H41N3O5/c1-6-10-19(21(28)30-7-2)25-13-8-11-17(16-25)15-24-20(27)18-12-9-14-26(18)22(29)31-23(3,4)5/h17-19H,6-16H2,1-5H3,(H,24,27)/t17-,18-,19+/m0/s1. The van der Waals surface area contributed by atoms with Gasteiger partial charge in [-0.25, -0.2) is 4.79 Å². The molecule has 2 amide bonds. The molecule has 2 fully saturated rings. The van der Waals surface area contributed by atoms with Gasteiger partial charge in [-0.2, -0.15) is 0 Å². The minimum Gasteiger partial charge on any atom is -0.465 e. The van der Waals surface area contributed by atoms with E-state index in [1.54, 1.807) is 4.90 Å². The van der Waals surface area contributed by atoms with Crippen molar-refractivity contribution in [3.8, 4) is 0 Å². The zero-order valence-corrected chi connectivity index (χ0v) is 19.9. The van der Waals surface area contributed by atoms with Crippen LogP contribution in [0.2, 0.25) is 0 Å². The van der Waals surface area contributed by atoms with Crippen molar-refractivity contribution in [2.75, 3.05) is 32.8 Å². The molecule has 0 bridgehead atoms. The third-order valence-electron chi connectivity index (χ3n) is 5.86. The fourth-order valence-corrected chi connectivity index (χ4v) is 4.45. The number of ether oxygens (including phenoxy) is 2. The first-order valence-corrected chi connectivity index (χ1v) is 11.8. The molecule has 178 valence electrons. The fourth-order valence-electron chi connectivity index (χ4n) is 4.45. The molecule has 0 aliphatic carbocycles. The van der Waals surface area contributed by atoms with Crippen LogP contribution in [0.15, 0.2) is 0 Å². The predicted octanol–water partition coefficient (Wildman–Crippen LogP) is 2.95. The third kappa shape index (κ3) is 7.66. The molecule has 2 heterocycles. The van der Waals surface area contributed by atoms with E-state index >= 15 is 0 Å². The van der Waals surface area contributed by atoms with Crippen LogP contribution in [0.3, 0.4) is 0 Å². The number of nitrogens with one attached hydrogen (secondary N) is 1. The van der Waals surface area contributed by atoms with Gasteiger partial charge in [0.2, 0.25) is 5.91 Å². The quantitative estimate of drug-likeness (QED) is 0.585. The van der Waals surface area contributed by atoms with Crippen LogP contribution in [-0.2, 0) is 19.1 Å². The summed E-state index contributed by atoms with van der Waals surface area (Å²) < 4.78 is 10.7. The molecular formula is C23H41N3O5. The lowest BCUT2D eigenvalue weighted by atomic mass is 9.95. The Hall–Kier alpha value is -1.83. The van der Waals surface area contributed by atoms with Crippen LogP contribution >= 0.6 is 0 Å². The van der Waals surface area contributed by atoms with Crippen molar-refractivity contribution in [3.63, 3.8) is 0 Å². The summed E-state index contributed by atoms with van der Waals surface area (Å²) in [6.07, 6.45) is 4.74. The predicted molar refractivity (Wildman–Crippen MR) is 119 cm³/mol. The zero-order valence-electron chi connectivity index (χ0n) is 19.9. The fraction of sp³-hybridized carbons (Fsp3) is 0.870. The Morgan fingerprint density at radius 1 is 1.10 bits per heavy atom. The summed E-state index contributed by atoms with van der Waals surface area (Å²) >= 11 is 0. The van der Waals surface area contributed by atoms with Gasteiger partial charge in [0.25, 0.3) is 0 Å². The number of esters is 1. The van der Waals surface area contributed by atoms with Gasteiger partial charge in [0.15, 0.2) is 0 Å². The lowest BCUT2D eigenvalue weighted by Crippen LogP contribution is -2.51. The van der Waals surface area contributed by atoms with Crippen LogP contribution in [0.25, 0.3) is 0 Å². The Bertz CT molecular complexity index is 619. The highest BCUT2D eigenvalue weighted by atomic mass is 16.6. The lowest BCUT2D eigenvalue weighted by molar-refractivity contribution is -0.150. The second-order valence-electron chi connectivity index (χ2n) is 9.64. The summed E-state index contributed by atoms with van der Waals surface area (Å²) in [6, 6.07) is -0.678. The SMILES string of the molecule is CCC[C@H](C(=O)OCC)N1CCC[C@@H](CNC(=O)[C@@H]2CCCN2C(=O)OC(C)(C)C)C1. The molecule has 0 radical (unpaired) electrons. The molecule has 0 aromatic carbocycles. The second kappa shape index (κ2) is 11.7. The van der Waals surface area contributed by atoms with E-state index in [1.165, 1.54) is 0 Å². The molecule has 0 aromatic heterocycles. The van der Waals surface area contributed by atoms with Gasteiger partial charge in [0.1, 0.15) is 17.7 Å². The average Bonchev–Trinajstić information content (AvgIpc) is 3.19. The van der Waals surface area contributed by atoms with Crippen molar-refractivity contribution in [3.05, 3.63) is 0 Å². The monoisotopic (exact) mass is 439 g/mol. The van der Waals surface area contributed by atoms with Crippen molar-refractivity contribution < 1.29 is 23.9 Å². The number of carbonyl (C=O) groups excluding carboxylic acids is 3. The minimum absolute atomic E-state index is 0.115. The maximum Gasteiger partial charge on any atom is 0.410 e. The highest BCUT2D eigenvalue weighted by Gasteiger charge is 2.37. The second-order valence-corrected chi connectivity index (χ2v) is 9.64. The molecule has 2 saturated heterocycles. The van der Waals surface area contributed by atoms with E-state index in [0.29, 0.717) is 26.1 Å². The molecule has 3 atom stereocenters. The number of hydrogen-bond acceptors (Lipinski definition) is 6. The van der Waals surface area contributed by atoms with Crippen molar-refractivity contribution >= 4 is 18.0 Å². The third-order valence-corrected chi connectivity index (χ3v) is 5.86. The Morgan fingerprint density at radius 2 is 1.81 bits per heavy atom. The molecule has 0 saturated carbocycles. The number of likely N-dealkylation sites (tertiary alicyclic amines) is 2. The molecule has 2 aliphatic rings. The van der Waals surface area contributed by atoms with Crippen LogP contribution in [0.5, 0.6) is 0 Å². The average molecular weight is 440 g/mol. The van der Waals surface area contributed by atoms with E-state index in [9.17, 15) is 14.4 Å². The topological polar surface area (TPSA) is 88.2 Å². The number of hydrogen-bond donors (Lipinski definition) is 1. The first-order chi connectivity index (χ1) is 14.7. The number of nitrogens with zero attached hydrogens (tertiary/aromatic N) is 2. The lowest BCUT2D eigenvalue weighted by Gasteiger charge is -2.37. The van der Waals surface area contributed by atoms with Gasteiger partial charge in [-0.05, 0) is 72.3 Å². The van der Waals surface area contributed by atoms with E-state index in [0.717, 1.165) is 45.2 Å². The Labute approximate surface area is 187 Å². The van der Waals surface area contributed by atoms with Crippen LogP contribution < -0.4 is 5.32 Å². The van der Waals surface area contributed by atoms with Gasteiger partial charge in [-0.3, -0.25) is 19.4 Å². The molecular weight excluding hydrogens is 398 g/mol. The van der Waals surface area contributed by atoms with E-state index in [-0.39, 0.29) is 23.8 Å². The molecule has 2 rings (SSSR count). The van der Waals surface area contributed by atoms with Crippen LogP contribution in [0.1, 0.15) is 73.1 Å². The first kappa shape index (κ1) is 25.4. The summed E-state index contributed by atoms with van der Waals surface area (Å²) in [5.41, 5.74) is -0.583. The highest BCUT2D eigenvalue weighted by molar-refractivity contribution is 5.86. The summed E-state index contributed by atoms with van der Waals surface area (Å²) in [5.74, 6) is 0.0202. The number of piperidine rings is 1. The van der Waals surface area contributed by atoms with Crippen LogP contribution in [0.4, 0.5) is 4.79 Å². The number of carbonyl (C=O) groups is 3. The molecule has 31 heavy (non-hydrogen) atoms. The molecule has 1 N–H and O–H groups in total. The summed E-state index contributed by atoms with van der Waals surface area (Å²) in [4.78, 5) is 41.4. The molecule has 8 nitrogen and oxygen atoms in total. The normalized spacial score (nSPS) is 23.3. The summed E-state index contributed by atoms with van der Waals surface area (Å²) in [7, 11) is 0. The van der Waals surface area contributed by atoms with Crippen molar-refractivity contribution in [1.82, 2.24) is 15.1 Å². The largest absolute Gasteiger partial charge is 0.465 e. The molecule has 0 spiro atoms. The summed E-state index contributed by atoms with van der Waals surface area (Å²) in [6.45, 7) is 12.5. The van der Waals surface area contributed by atoms with Crippen molar-refractivity contribution in [2.24, 2.45) is 5.92 Å². The van der Waals surface area contributed by atoms with E-state index in [1.807, 2.05) is 27.7 Å². The van der Waals surface area contributed by atoms with E-state index in [2.05, 4.69) is 17.1 Å². The molecule has 2 aliphatic heterocycles. The van der Waals surface area contributed by atoms with Gasteiger partial charge in [-0.1, -0.05) is 13.3 Å². The van der Waals surface area contributed by atoms with Gasteiger partial charge in [-0.15, -0.1) is 0 Å². The van der Waals surface area contributed by atoms with Crippen LogP contribution in [-0.4, -0.2) is 78.2 Å². The first-order valence-electron chi connectivity index (χ1n) is 11.8. The maximum atomic E-state index is 12.8. The molecule has 8 heteroatoms. The number of amides is 2. The number of rotatable bonds is 8. The Morgan fingerprint density at radius 3 is 2.45 bits per heavy atom. The van der Waals surface area contributed by atoms with Gasteiger partial charge < -0.3 is 14.8 Å². The zero-order chi connectivity index (χ0) is 23.0. The molecule has 0 aromatic rings. The van der Waals surface area contributed by atoms with E-state index < -0.39 is 17.7 Å². The molecule has 0 unspecified atom stereocenters. The minimum atomic E-state index is -0.583. The highest BCUT2D eigenvalue weighted by Crippen LogP contribution is 2.23. The van der Waals surface area contributed by atoms with Gasteiger partial charge in [0.05, 0.1) is 6.61 Å². The van der Waals surface area contributed by atoms with Crippen LogP contribution in [0, 0.1) is 5.92 Å². The Balaban J connectivity index is 1.89. The van der Waals surface area contributed by atoms with E-state index in [4.69, 9.17) is 9.47 Å². The van der Waals surface area contributed by atoms with Crippen molar-refractivity contribution in [1.29, 1.82) is 0 Å². The van der Waals surface area contributed by atoms with Crippen molar-refractivity contribution in [2.45, 2.75) is 90.8 Å². The Kier molecular flexibility index (Phi) is 9.59. The smallest absolute Gasteiger partial charge is 0.410 e. The maximum absolute atomic E-state index is 12.8. The summed E-state index contributed by atoms with van der Waals surface area (Å²) in [5, 5.41) is 3.06.